The first-order chi connectivity index (χ1) is 11.6. The van der Waals surface area contributed by atoms with Crippen molar-refractivity contribution in [3.05, 3.63) is 47.2 Å². The number of aromatic nitrogens is 6. The molecule has 0 unspecified atom stereocenters. The van der Waals surface area contributed by atoms with Crippen LogP contribution in [0.15, 0.2) is 41.9 Å². The van der Waals surface area contributed by atoms with Gasteiger partial charge in [0.1, 0.15) is 16.0 Å². The van der Waals surface area contributed by atoms with Crippen LogP contribution in [-0.2, 0) is 4.79 Å². The zero-order valence-corrected chi connectivity index (χ0v) is 13.3. The summed E-state index contributed by atoms with van der Waals surface area (Å²) >= 11 is 11.3. The predicted octanol–water partition coefficient (Wildman–Crippen LogP) is 2.31. The Bertz CT molecular complexity index is 1070. The normalized spacial score (nSPS) is 10.2. The van der Waals surface area contributed by atoms with Crippen LogP contribution in [0.25, 0.3) is 11.3 Å². The quantitative estimate of drug-likeness (QED) is 0.315. The molecule has 4 rings (SSSR count). The standard InChI is InChI=1S/C7H3ClN4O.C6H5ClN4/c8-6-1-2-12-7(11-6)5(3-10-12)9-4-13;7-5-1-2-11-6(10-5)4(8)3-9-11/h1-3H;1-3H,8H2. The summed E-state index contributed by atoms with van der Waals surface area (Å²) in [4.78, 5) is 21.4. The maximum absolute atomic E-state index is 10.0. The third-order valence-electron chi connectivity index (χ3n) is 2.85. The van der Waals surface area contributed by atoms with Gasteiger partial charge in [0.05, 0.1) is 18.1 Å². The molecule has 0 bridgehead atoms. The molecular weight excluding hydrogens is 355 g/mol. The van der Waals surface area contributed by atoms with Gasteiger partial charge in [0.25, 0.3) is 0 Å². The smallest absolute Gasteiger partial charge is 0.240 e. The zero-order valence-electron chi connectivity index (χ0n) is 11.8. The molecule has 0 aromatic carbocycles. The van der Waals surface area contributed by atoms with Crippen molar-refractivity contribution in [2.75, 3.05) is 5.73 Å². The molecule has 9 nitrogen and oxygen atoms in total. The van der Waals surface area contributed by atoms with E-state index in [1.54, 1.807) is 35.2 Å². The molecule has 2 N–H and O–H groups in total. The Morgan fingerprint density at radius 1 is 1.00 bits per heavy atom. The number of nitrogens with two attached hydrogens (primary N) is 1. The van der Waals surface area contributed by atoms with Gasteiger partial charge in [-0.05, 0) is 12.1 Å². The number of nitrogens with zero attached hydrogens (tertiary/aromatic N) is 7. The van der Waals surface area contributed by atoms with Gasteiger partial charge in [-0.25, -0.2) is 23.8 Å². The predicted molar refractivity (Wildman–Crippen MR) is 88.2 cm³/mol. The molecule has 120 valence electrons. The van der Waals surface area contributed by atoms with E-state index in [9.17, 15) is 4.79 Å². The van der Waals surface area contributed by atoms with Crippen LogP contribution < -0.4 is 5.73 Å². The number of nitrogen functional groups attached to an aromatic ring is 1. The van der Waals surface area contributed by atoms with Crippen LogP contribution in [-0.4, -0.2) is 35.3 Å². The molecule has 0 atom stereocenters. The van der Waals surface area contributed by atoms with Gasteiger partial charge in [0.2, 0.25) is 6.08 Å². The molecule has 0 radical (unpaired) electrons. The van der Waals surface area contributed by atoms with Crippen molar-refractivity contribution in [2.24, 2.45) is 4.99 Å². The topological polar surface area (TPSA) is 116 Å². The van der Waals surface area contributed by atoms with Crippen LogP contribution in [0.3, 0.4) is 0 Å². The minimum atomic E-state index is 0.329. The summed E-state index contributed by atoms with van der Waals surface area (Å²) < 4.78 is 3.04. The lowest BCUT2D eigenvalue weighted by molar-refractivity contribution is 0.565. The fourth-order valence-corrected chi connectivity index (χ4v) is 2.10. The number of rotatable bonds is 1. The van der Waals surface area contributed by atoms with E-state index in [-0.39, 0.29) is 0 Å². The van der Waals surface area contributed by atoms with Crippen molar-refractivity contribution in [3.63, 3.8) is 0 Å². The highest BCUT2D eigenvalue weighted by Crippen LogP contribution is 2.18. The van der Waals surface area contributed by atoms with Crippen LogP contribution >= 0.6 is 23.2 Å². The Morgan fingerprint density at radius 2 is 1.58 bits per heavy atom. The van der Waals surface area contributed by atoms with E-state index < -0.39 is 0 Å². The molecular formula is C13H8Cl2N8O. The first-order valence-electron chi connectivity index (χ1n) is 6.41. The number of fused-ring (bicyclic) bond motifs is 2. The molecule has 4 heterocycles. The highest BCUT2D eigenvalue weighted by molar-refractivity contribution is 6.29. The van der Waals surface area contributed by atoms with E-state index in [0.29, 0.717) is 33.0 Å². The Hall–Kier alpha value is -3.00. The largest absolute Gasteiger partial charge is 0.394 e. The third kappa shape index (κ3) is 3.18. The average Bonchev–Trinajstić information content (AvgIpc) is 3.13. The minimum absolute atomic E-state index is 0.329. The van der Waals surface area contributed by atoms with Crippen LogP contribution in [0.5, 0.6) is 0 Å². The SMILES string of the molecule is Nc1cnn2ccc(Cl)nc12.O=C=Nc1cnn2ccc(Cl)nc12. The molecule has 0 aliphatic heterocycles. The molecule has 0 aliphatic rings. The second kappa shape index (κ2) is 6.63. The van der Waals surface area contributed by atoms with Crippen molar-refractivity contribution >= 4 is 52.0 Å². The second-order valence-corrected chi connectivity index (χ2v) is 5.14. The van der Waals surface area contributed by atoms with Crippen molar-refractivity contribution in [1.29, 1.82) is 0 Å². The monoisotopic (exact) mass is 362 g/mol. The molecule has 0 spiro atoms. The van der Waals surface area contributed by atoms with E-state index in [2.05, 4.69) is 25.2 Å². The summed E-state index contributed by atoms with van der Waals surface area (Å²) in [5.74, 6) is 0. The maximum Gasteiger partial charge on any atom is 0.240 e. The minimum Gasteiger partial charge on any atom is -0.394 e. The van der Waals surface area contributed by atoms with E-state index >= 15 is 0 Å². The number of hydrogen-bond donors (Lipinski definition) is 1. The van der Waals surface area contributed by atoms with Gasteiger partial charge >= 0.3 is 0 Å². The average molecular weight is 363 g/mol. The lowest BCUT2D eigenvalue weighted by Crippen LogP contribution is -1.90. The van der Waals surface area contributed by atoms with Crippen LogP contribution in [0.4, 0.5) is 11.4 Å². The van der Waals surface area contributed by atoms with Crippen molar-refractivity contribution in [1.82, 2.24) is 29.2 Å². The van der Waals surface area contributed by atoms with Gasteiger partial charge in [0, 0.05) is 12.4 Å². The summed E-state index contributed by atoms with van der Waals surface area (Å²) in [6.07, 6.45) is 7.72. The molecule has 0 saturated carbocycles. The van der Waals surface area contributed by atoms with Crippen LogP contribution in [0.2, 0.25) is 10.3 Å². The summed E-state index contributed by atoms with van der Waals surface area (Å²) in [7, 11) is 0. The van der Waals surface area contributed by atoms with Gasteiger partial charge in [-0.1, -0.05) is 23.2 Å². The Balaban J connectivity index is 0.000000143. The number of hydrogen-bond acceptors (Lipinski definition) is 7. The Labute approximate surface area is 144 Å². The van der Waals surface area contributed by atoms with Gasteiger partial charge < -0.3 is 5.73 Å². The van der Waals surface area contributed by atoms with Gasteiger partial charge in [-0.3, -0.25) is 0 Å². The zero-order chi connectivity index (χ0) is 17.1. The fraction of sp³-hybridized carbons (Fsp3) is 0. The van der Waals surface area contributed by atoms with Crippen molar-refractivity contribution < 1.29 is 4.79 Å². The number of anilines is 1. The van der Waals surface area contributed by atoms with Gasteiger partial charge in [-0.2, -0.15) is 15.2 Å². The fourth-order valence-electron chi connectivity index (χ4n) is 1.83. The number of halogens is 2. The number of isocyanates is 1. The van der Waals surface area contributed by atoms with E-state index in [1.165, 1.54) is 16.8 Å². The first kappa shape index (κ1) is 15.9. The molecule has 24 heavy (non-hydrogen) atoms. The molecule has 0 aliphatic carbocycles. The summed E-state index contributed by atoms with van der Waals surface area (Å²) in [5, 5.41) is 8.58. The summed E-state index contributed by atoms with van der Waals surface area (Å²) in [6, 6.07) is 3.25. The van der Waals surface area contributed by atoms with Gasteiger partial charge in [-0.15, -0.1) is 0 Å². The lowest BCUT2D eigenvalue weighted by atomic mass is 10.5. The third-order valence-corrected chi connectivity index (χ3v) is 3.27. The van der Waals surface area contributed by atoms with E-state index in [4.69, 9.17) is 28.9 Å². The van der Waals surface area contributed by atoms with E-state index in [0.717, 1.165) is 0 Å². The molecule has 0 amide bonds. The van der Waals surface area contributed by atoms with Crippen LogP contribution in [0.1, 0.15) is 0 Å². The lowest BCUT2D eigenvalue weighted by Gasteiger charge is -1.92. The number of aliphatic imine (C=N–C) groups is 1. The van der Waals surface area contributed by atoms with Crippen molar-refractivity contribution in [3.8, 4) is 0 Å². The Kier molecular flexibility index (Phi) is 4.39. The molecule has 4 aromatic heterocycles. The first-order valence-corrected chi connectivity index (χ1v) is 7.17. The Morgan fingerprint density at radius 3 is 2.25 bits per heavy atom. The second-order valence-electron chi connectivity index (χ2n) is 4.37. The molecule has 0 saturated heterocycles. The number of carbonyl (C=O) groups excluding carboxylic acids is 1. The van der Waals surface area contributed by atoms with Crippen molar-refractivity contribution in [2.45, 2.75) is 0 Å². The maximum atomic E-state index is 10.0. The molecule has 11 heteroatoms. The van der Waals surface area contributed by atoms with E-state index in [1.807, 2.05) is 0 Å². The molecule has 0 fully saturated rings. The molecule has 4 aromatic rings. The van der Waals surface area contributed by atoms with Gasteiger partial charge in [0.15, 0.2) is 11.3 Å². The highest BCUT2D eigenvalue weighted by atomic mass is 35.5. The highest BCUT2D eigenvalue weighted by Gasteiger charge is 2.04. The summed E-state index contributed by atoms with van der Waals surface area (Å²) in [5.41, 5.74) is 7.47. The van der Waals surface area contributed by atoms with Crippen LogP contribution in [0, 0.1) is 0 Å². The summed E-state index contributed by atoms with van der Waals surface area (Å²) in [6.45, 7) is 0.